The summed E-state index contributed by atoms with van der Waals surface area (Å²) in [6.45, 7) is 0. The highest BCUT2D eigenvalue weighted by Crippen LogP contribution is 2.27. The summed E-state index contributed by atoms with van der Waals surface area (Å²) >= 11 is 0. The Labute approximate surface area is 148 Å². The van der Waals surface area contributed by atoms with Gasteiger partial charge in [-0.05, 0) is 40.6 Å². The molecule has 6 heteroatoms. The number of aromatic nitrogens is 1. The lowest BCUT2D eigenvalue weighted by Crippen LogP contribution is -2.10. The SMILES string of the molecule is COC(=O)c1cc2ccccc2cc1OC(=O)/C=C/c1cncc(F)c1. The maximum atomic E-state index is 13.1. The summed E-state index contributed by atoms with van der Waals surface area (Å²) in [6.07, 6.45) is 4.97. The zero-order chi connectivity index (χ0) is 18.5. The van der Waals surface area contributed by atoms with Crippen molar-refractivity contribution in [2.45, 2.75) is 0 Å². The van der Waals surface area contributed by atoms with Gasteiger partial charge in [-0.25, -0.2) is 14.0 Å². The van der Waals surface area contributed by atoms with Crippen LogP contribution in [0.2, 0.25) is 0 Å². The molecule has 26 heavy (non-hydrogen) atoms. The van der Waals surface area contributed by atoms with Crippen molar-refractivity contribution in [3.8, 4) is 5.75 Å². The molecule has 0 saturated carbocycles. The number of hydrogen-bond acceptors (Lipinski definition) is 5. The van der Waals surface area contributed by atoms with Crippen LogP contribution in [0.15, 0.2) is 60.9 Å². The van der Waals surface area contributed by atoms with Crippen molar-refractivity contribution < 1.29 is 23.5 Å². The molecule has 0 N–H and O–H groups in total. The fourth-order valence-electron chi connectivity index (χ4n) is 2.40. The Bertz CT molecular complexity index is 1010. The number of ether oxygens (including phenoxy) is 2. The zero-order valence-corrected chi connectivity index (χ0v) is 13.8. The highest BCUT2D eigenvalue weighted by atomic mass is 19.1. The summed E-state index contributed by atoms with van der Waals surface area (Å²) in [4.78, 5) is 27.8. The first kappa shape index (κ1) is 17.3. The second kappa shape index (κ2) is 7.57. The van der Waals surface area contributed by atoms with E-state index in [1.54, 1.807) is 12.1 Å². The van der Waals surface area contributed by atoms with Crippen LogP contribution in [0.3, 0.4) is 0 Å². The quantitative estimate of drug-likeness (QED) is 0.407. The van der Waals surface area contributed by atoms with Gasteiger partial charge in [0.15, 0.2) is 0 Å². The van der Waals surface area contributed by atoms with E-state index in [4.69, 9.17) is 9.47 Å². The van der Waals surface area contributed by atoms with E-state index in [1.165, 1.54) is 25.4 Å². The smallest absolute Gasteiger partial charge is 0.341 e. The van der Waals surface area contributed by atoms with Crippen LogP contribution in [0.25, 0.3) is 16.8 Å². The second-order valence-electron chi connectivity index (χ2n) is 5.38. The molecule has 1 aromatic heterocycles. The van der Waals surface area contributed by atoms with Crippen LogP contribution in [0.1, 0.15) is 15.9 Å². The molecule has 3 rings (SSSR count). The molecule has 0 unspecified atom stereocenters. The highest BCUT2D eigenvalue weighted by Gasteiger charge is 2.16. The van der Waals surface area contributed by atoms with Crippen LogP contribution < -0.4 is 4.74 Å². The molecule has 0 bridgehead atoms. The van der Waals surface area contributed by atoms with Crippen LogP contribution in [-0.2, 0) is 9.53 Å². The second-order valence-corrected chi connectivity index (χ2v) is 5.38. The zero-order valence-electron chi connectivity index (χ0n) is 13.8. The van der Waals surface area contributed by atoms with E-state index in [2.05, 4.69) is 4.98 Å². The molecule has 0 amide bonds. The molecule has 0 spiro atoms. The predicted octanol–water partition coefficient (Wildman–Crippen LogP) is 3.78. The molecular formula is C20H14FNO4. The first-order chi connectivity index (χ1) is 12.6. The standard InChI is InChI=1S/C20H14FNO4/c1-25-20(24)17-9-14-4-2-3-5-15(14)10-18(17)26-19(23)7-6-13-8-16(21)12-22-11-13/h2-12H,1H3/b7-6+. The summed E-state index contributed by atoms with van der Waals surface area (Å²) in [5.74, 6) is -1.75. The van der Waals surface area contributed by atoms with Crippen LogP contribution in [-0.4, -0.2) is 24.0 Å². The first-order valence-electron chi connectivity index (χ1n) is 7.68. The minimum absolute atomic E-state index is 0.0857. The van der Waals surface area contributed by atoms with Crippen LogP contribution >= 0.6 is 0 Å². The summed E-state index contributed by atoms with van der Waals surface area (Å²) in [6, 6.07) is 11.8. The number of methoxy groups -OCH3 is 1. The Hall–Kier alpha value is -3.54. The Morgan fingerprint density at radius 1 is 1.08 bits per heavy atom. The molecule has 5 nitrogen and oxygen atoms in total. The van der Waals surface area contributed by atoms with Crippen molar-refractivity contribution in [1.29, 1.82) is 0 Å². The molecular weight excluding hydrogens is 337 g/mol. The number of fused-ring (bicyclic) bond motifs is 1. The number of rotatable bonds is 4. The van der Waals surface area contributed by atoms with Gasteiger partial charge >= 0.3 is 11.9 Å². The average Bonchev–Trinajstić information content (AvgIpc) is 2.65. The number of esters is 2. The lowest BCUT2D eigenvalue weighted by Gasteiger charge is -2.09. The summed E-state index contributed by atoms with van der Waals surface area (Å²) in [5, 5.41) is 1.62. The number of carbonyl (C=O) groups is 2. The molecule has 0 aliphatic carbocycles. The largest absolute Gasteiger partial charge is 0.465 e. The third-order valence-electron chi connectivity index (χ3n) is 3.60. The summed E-state index contributed by atoms with van der Waals surface area (Å²) in [5.41, 5.74) is 0.550. The van der Waals surface area contributed by atoms with E-state index < -0.39 is 17.8 Å². The van der Waals surface area contributed by atoms with Gasteiger partial charge in [0, 0.05) is 12.3 Å². The number of nitrogens with zero attached hydrogens (tertiary/aromatic N) is 1. The van der Waals surface area contributed by atoms with Crippen molar-refractivity contribution >= 4 is 28.8 Å². The Morgan fingerprint density at radius 3 is 2.50 bits per heavy atom. The van der Waals surface area contributed by atoms with E-state index in [1.807, 2.05) is 24.3 Å². The normalized spacial score (nSPS) is 10.8. The Morgan fingerprint density at radius 2 is 1.81 bits per heavy atom. The fourth-order valence-corrected chi connectivity index (χ4v) is 2.40. The molecule has 0 atom stereocenters. The molecule has 1 heterocycles. The number of carbonyl (C=O) groups excluding carboxylic acids is 2. The Kier molecular flexibility index (Phi) is 5.03. The monoisotopic (exact) mass is 351 g/mol. The summed E-state index contributed by atoms with van der Waals surface area (Å²) < 4.78 is 23.1. The Balaban J connectivity index is 1.89. The number of hydrogen-bond donors (Lipinski definition) is 0. The molecule has 2 aromatic carbocycles. The topological polar surface area (TPSA) is 65.5 Å². The summed E-state index contributed by atoms with van der Waals surface area (Å²) in [7, 11) is 1.25. The molecule has 0 radical (unpaired) electrons. The molecule has 3 aromatic rings. The molecule has 0 saturated heterocycles. The van der Waals surface area contributed by atoms with Gasteiger partial charge in [0.2, 0.25) is 0 Å². The average molecular weight is 351 g/mol. The van der Waals surface area contributed by atoms with Crippen molar-refractivity contribution in [1.82, 2.24) is 4.98 Å². The maximum absolute atomic E-state index is 13.1. The van der Waals surface area contributed by atoms with Crippen molar-refractivity contribution in [2.24, 2.45) is 0 Å². The van der Waals surface area contributed by atoms with E-state index >= 15 is 0 Å². The fraction of sp³-hybridized carbons (Fsp3) is 0.0500. The van der Waals surface area contributed by atoms with Crippen LogP contribution in [0.5, 0.6) is 5.75 Å². The number of pyridine rings is 1. The molecule has 0 aliphatic heterocycles. The van der Waals surface area contributed by atoms with E-state index in [-0.39, 0.29) is 11.3 Å². The lowest BCUT2D eigenvalue weighted by atomic mass is 10.1. The van der Waals surface area contributed by atoms with Crippen molar-refractivity contribution in [3.63, 3.8) is 0 Å². The lowest BCUT2D eigenvalue weighted by molar-refractivity contribution is -0.128. The predicted molar refractivity (Wildman–Crippen MR) is 94.2 cm³/mol. The highest BCUT2D eigenvalue weighted by molar-refractivity contribution is 6.00. The van der Waals surface area contributed by atoms with Gasteiger partial charge in [0.05, 0.1) is 13.3 Å². The van der Waals surface area contributed by atoms with Gasteiger partial charge in [-0.15, -0.1) is 0 Å². The van der Waals surface area contributed by atoms with Gasteiger partial charge in [-0.2, -0.15) is 0 Å². The van der Waals surface area contributed by atoms with Crippen molar-refractivity contribution in [3.05, 3.63) is 77.9 Å². The minimum atomic E-state index is -0.713. The van der Waals surface area contributed by atoms with E-state index in [9.17, 15) is 14.0 Å². The first-order valence-corrected chi connectivity index (χ1v) is 7.68. The van der Waals surface area contributed by atoms with Gasteiger partial charge in [-0.1, -0.05) is 24.3 Å². The van der Waals surface area contributed by atoms with Crippen molar-refractivity contribution in [2.75, 3.05) is 7.11 Å². The van der Waals surface area contributed by atoms with E-state index in [0.29, 0.717) is 5.56 Å². The van der Waals surface area contributed by atoms with Crippen LogP contribution in [0, 0.1) is 5.82 Å². The molecule has 0 aliphatic rings. The van der Waals surface area contributed by atoms with Gasteiger partial charge in [0.25, 0.3) is 0 Å². The van der Waals surface area contributed by atoms with Gasteiger partial charge in [0.1, 0.15) is 17.1 Å². The molecule has 0 fully saturated rings. The number of halogens is 1. The van der Waals surface area contributed by atoms with Gasteiger partial charge in [-0.3, -0.25) is 4.98 Å². The van der Waals surface area contributed by atoms with Crippen LogP contribution in [0.4, 0.5) is 4.39 Å². The third kappa shape index (κ3) is 3.92. The number of benzene rings is 2. The van der Waals surface area contributed by atoms with Gasteiger partial charge < -0.3 is 9.47 Å². The van der Waals surface area contributed by atoms with E-state index in [0.717, 1.165) is 23.0 Å². The molecule has 130 valence electrons. The third-order valence-corrected chi connectivity index (χ3v) is 3.60. The maximum Gasteiger partial charge on any atom is 0.341 e. The minimum Gasteiger partial charge on any atom is -0.465 e.